The van der Waals surface area contributed by atoms with Gasteiger partial charge < -0.3 is 4.74 Å². The normalized spacial score (nSPS) is 16.3. The molecule has 1 aromatic rings. The molecule has 138 valence electrons. The van der Waals surface area contributed by atoms with Gasteiger partial charge >= 0.3 is 5.97 Å². The molecule has 0 heterocycles. The van der Waals surface area contributed by atoms with Gasteiger partial charge in [0.25, 0.3) is 0 Å². The van der Waals surface area contributed by atoms with E-state index in [0.717, 1.165) is 11.1 Å². The second-order valence-corrected chi connectivity index (χ2v) is 7.54. The van der Waals surface area contributed by atoms with Crippen molar-refractivity contribution in [2.45, 2.75) is 59.8 Å². The highest BCUT2D eigenvalue weighted by molar-refractivity contribution is 5.69. The van der Waals surface area contributed by atoms with Crippen LogP contribution in [0, 0.1) is 17.3 Å². The minimum atomic E-state index is -0.148. The number of benzene rings is 1. The van der Waals surface area contributed by atoms with E-state index in [1.54, 1.807) is 0 Å². The van der Waals surface area contributed by atoms with Gasteiger partial charge in [-0.15, -0.1) is 0 Å². The second kappa shape index (κ2) is 9.43. The molecule has 0 unspecified atom stereocenters. The van der Waals surface area contributed by atoms with E-state index in [1.165, 1.54) is 30.4 Å². The molecule has 1 aliphatic rings. The third-order valence-electron chi connectivity index (χ3n) is 4.94. The summed E-state index contributed by atoms with van der Waals surface area (Å²) in [6.07, 6.45) is 8.96. The highest BCUT2D eigenvalue weighted by Gasteiger charge is 2.26. The lowest BCUT2D eigenvalue weighted by molar-refractivity contribution is -0.143. The van der Waals surface area contributed by atoms with Crippen LogP contribution in [0.1, 0.15) is 64.5 Å². The van der Waals surface area contributed by atoms with Crippen LogP contribution in [0.3, 0.4) is 0 Å². The average molecular weight is 351 g/mol. The van der Waals surface area contributed by atoms with Crippen LogP contribution in [-0.4, -0.2) is 12.6 Å². The van der Waals surface area contributed by atoms with Crippen LogP contribution in [0.15, 0.2) is 47.6 Å². The topological polar surface area (TPSA) is 26.3 Å². The Balaban J connectivity index is 2.01. The van der Waals surface area contributed by atoms with Gasteiger partial charge in [-0.3, -0.25) is 4.79 Å². The summed E-state index contributed by atoms with van der Waals surface area (Å²) in [7, 11) is 0. The Morgan fingerprint density at radius 1 is 1.35 bits per heavy atom. The number of esters is 1. The number of rotatable bonds is 5. The Hall–Kier alpha value is -2.27. The number of ether oxygens (including phenoxy) is 1. The predicted octanol–water partition coefficient (Wildman–Crippen LogP) is 5.62. The van der Waals surface area contributed by atoms with Gasteiger partial charge in [0.2, 0.25) is 0 Å². The van der Waals surface area contributed by atoms with Crippen molar-refractivity contribution >= 4 is 5.97 Å². The maximum absolute atomic E-state index is 11.5. The number of carbonyl (C=O) groups is 1. The van der Waals surface area contributed by atoms with Crippen LogP contribution in [0.25, 0.3) is 0 Å². The van der Waals surface area contributed by atoms with E-state index in [4.69, 9.17) is 4.74 Å². The third-order valence-corrected chi connectivity index (χ3v) is 4.94. The van der Waals surface area contributed by atoms with Crippen molar-refractivity contribution in [3.8, 4) is 11.8 Å². The molecule has 0 radical (unpaired) electrons. The Morgan fingerprint density at radius 3 is 2.88 bits per heavy atom. The van der Waals surface area contributed by atoms with Gasteiger partial charge in [0.15, 0.2) is 0 Å². The summed E-state index contributed by atoms with van der Waals surface area (Å²) >= 11 is 0. The molecule has 0 aliphatic heterocycles. The lowest BCUT2D eigenvalue weighted by Crippen LogP contribution is -2.18. The Labute approximate surface area is 158 Å². The summed E-state index contributed by atoms with van der Waals surface area (Å²) in [6.45, 7) is 9.13. The highest BCUT2D eigenvalue weighted by Crippen LogP contribution is 2.40. The molecule has 0 spiro atoms. The van der Waals surface area contributed by atoms with Crippen molar-refractivity contribution < 1.29 is 9.53 Å². The smallest absolute Gasteiger partial charge is 0.306 e. The number of allylic oxidation sites excluding steroid dienone is 4. The number of carbonyl (C=O) groups excluding carboxylic acids is 1. The molecule has 0 aromatic heterocycles. The molecule has 0 saturated heterocycles. The molecule has 0 bridgehead atoms. The summed E-state index contributed by atoms with van der Waals surface area (Å²) in [5, 5.41) is 0. The first-order valence-corrected chi connectivity index (χ1v) is 9.55. The maximum Gasteiger partial charge on any atom is 0.306 e. The zero-order valence-corrected chi connectivity index (χ0v) is 16.5. The fourth-order valence-corrected chi connectivity index (χ4v) is 3.54. The number of hydrogen-bond acceptors (Lipinski definition) is 2. The molecule has 0 fully saturated rings. The van der Waals surface area contributed by atoms with Crippen molar-refractivity contribution in [1.82, 2.24) is 0 Å². The van der Waals surface area contributed by atoms with Crippen LogP contribution in [-0.2, 0) is 16.0 Å². The van der Waals surface area contributed by atoms with Gasteiger partial charge in [-0.2, -0.15) is 0 Å². The van der Waals surface area contributed by atoms with Gasteiger partial charge in [-0.25, -0.2) is 0 Å². The van der Waals surface area contributed by atoms with Crippen LogP contribution in [0.5, 0.6) is 0 Å². The minimum absolute atomic E-state index is 0.148. The Kier molecular flexibility index (Phi) is 7.27. The summed E-state index contributed by atoms with van der Waals surface area (Å²) in [6, 6.07) is 8.07. The molecule has 0 saturated carbocycles. The molecule has 2 rings (SSSR count). The molecule has 1 aliphatic carbocycles. The van der Waals surface area contributed by atoms with Crippen molar-refractivity contribution in [3.63, 3.8) is 0 Å². The quantitative estimate of drug-likeness (QED) is 0.509. The lowest BCUT2D eigenvalue weighted by atomic mass is 9.73. The van der Waals surface area contributed by atoms with Gasteiger partial charge in [0, 0.05) is 12.0 Å². The Morgan fingerprint density at radius 2 is 2.15 bits per heavy atom. The second-order valence-electron chi connectivity index (χ2n) is 7.54. The molecule has 26 heavy (non-hydrogen) atoms. The van der Waals surface area contributed by atoms with E-state index in [2.05, 4.69) is 44.8 Å². The lowest BCUT2D eigenvalue weighted by Gasteiger charge is -2.32. The number of aryl methyl sites for hydroxylation is 1. The monoisotopic (exact) mass is 350 g/mol. The molecule has 2 nitrogen and oxygen atoms in total. The van der Waals surface area contributed by atoms with Gasteiger partial charge in [-0.1, -0.05) is 49.5 Å². The first-order chi connectivity index (χ1) is 12.4. The van der Waals surface area contributed by atoms with E-state index < -0.39 is 0 Å². The molecule has 0 amide bonds. The molecule has 1 aromatic carbocycles. The molecule has 0 N–H and O–H groups in total. The van der Waals surface area contributed by atoms with E-state index in [9.17, 15) is 4.79 Å². The van der Waals surface area contributed by atoms with E-state index in [-0.39, 0.29) is 11.4 Å². The van der Waals surface area contributed by atoms with Crippen molar-refractivity contribution in [3.05, 3.63) is 58.7 Å². The minimum Gasteiger partial charge on any atom is -0.466 e. The zero-order valence-electron chi connectivity index (χ0n) is 16.5. The molecule has 2 heteroatoms. The van der Waals surface area contributed by atoms with Gasteiger partial charge in [0.05, 0.1) is 6.61 Å². The zero-order chi connectivity index (χ0) is 19.0. The summed E-state index contributed by atoms with van der Waals surface area (Å²) in [4.78, 5) is 11.5. The van der Waals surface area contributed by atoms with Crippen LogP contribution >= 0.6 is 0 Å². The summed E-state index contributed by atoms with van der Waals surface area (Å²) in [5.41, 5.74) is 5.25. The van der Waals surface area contributed by atoms with Crippen molar-refractivity contribution in [2.75, 3.05) is 6.61 Å². The predicted molar refractivity (Wildman–Crippen MR) is 108 cm³/mol. The largest absolute Gasteiger partial charge is 0.466 e. The molecule has 0 atom stereocenters. The standard InChI is InChI=1S/C24H30O2/c1-5-26-23(25)16-15-21-13-8-12-20(18-21)11-6-7-14-22-19(2)10-9-17-24(22,3)4/h7-8,12-14,18H,5,9-10,15-17H2,1-4H3. The average Bonchev–Trinajstić information content (AvgIpc) is 2.59. The maximum atomic E-state index is 11.5. The SMILES string of the molecule is CCOC(=O)CCc1cccc(C#CC=CC2=C(C)CCCC2(C)C)c1. The summed E-state index contributed by atoms with van der Waals surface area (Å²) in [5.74, 6) is 6.22. The van der Waals surface area contributed by atoms with Crippen LogP contribution in [0.4, 0.5) is 0 Å². The Bertz CT molecular complexity index is 754. The summed E-state index contributed by atoms with van der Waals surface area (Å²) < 4.78 is 4.98. The number of hydrogen-bond donors (Lipinski definition) is 0. The fourth-order valence-electron chi connectivity index (χ4n) is 3.54. The fraction of sp³-hybridized carbons (Fsp3) is 0.458. The third kappa shape index (κ3) is 5.92. The van der Waals surface area contributed by atoms with Crippen LogP contribution in [0.2, 0.25) is 0 Å². The van der Waals surface area contributed by atoms with E-state index >= 15 is 0 Å². The van der Waals surface area contributed by atoms with E-state index in [1.807, 2.05) is 31.2 Å². The first-order valence-electron chi connectivity index (χ1n) is 9.55. The molecular weight excluding hydrogens is 320 g/mol. The van der Waals surface area contributed by atoms with Crippen molar-refractivity contribution in [1.29, 1.82) is 0 Å². The molecular formula is C24H30O2. The first kappa shape index (κ1) is 20.0. The van der Waals surface area contributed by atoms with Gasteiger partial charge in [0.1, 0.15) is 0 Å². The highest BCUT2D eigenvalue weighted by atomic mass is 16.5. The van der Waals surface area contributed by atoms with Crippen LogP contribution < -0.4 is 0 Å². The van der Waals surface area contributed by atoms with Gasteiger partial charge in [-0.05, 0) is 74.3 Å². The van der Waals surface area contributed by atoms with E-state index in [0.29, 0.717) is 19.4 Å². The van der Waals surface area contributed by atoms with Crippen molar-refractivity contribution in [2.24, 2.45) is 5.41 Å².